The number of hydrogen-bond donors (Lipinski definition) is 1. The van der Waals surface area contributed by atoms with Crippen molar-refractivity contribution in [2.75, 3.05) is 7.11 Å². The maximum Gasteiger partial charge on any atom is 0.160 e. The Morgan fingerprint density at radius 3 is 2.64 bits per heavy atom. The van der Waals surface area contributed by atoms with Crippen LogP contribution in [0, 0.1) is 17.1 Å². The monoisotopic (exact) mass is 435 g/mol. The van der Waals surface area contributed by atoms with Gasteiger partial charge in [0.2, 0.25) is 0 Å². The first-order valence-corrected chi connectivity index (χ1v) is 10.2. The Morgan fingerprint density at radius 1 is 1.03 bits per heavy atom. The first-order chi connectivity index (χ1) is 16.1. The number of aromatic hydroxyl groups is 1. The Labute approximate surface area is 189 Å². The van der Waals surface area contributed by atoms with Gasteiger partial charge in [0.05, 0.1) is 23.8 Å². The number of nitrogens with zero attached hydrogens (tertiary/aromatic N) is 3. The summed E-state index contributed by atoms with van der Waals surface area (Å²) in [6, 6.07) is 23.1. The number of aromatic nitrogens is 2. The summed E-state index contributed by atoms with van der Waals surface area (Å²) < 4.78 is 21.1. The van der Waals surface area contributed by atoms with E-state index < -0.39 is 0 Å². The van der Waals surface area contributed by atoms with Gasteiger partial charge in [-0.3, -0.25) is 4.40 Å². The van der Waals surface area contributed by atoms with Crippen molar-refractivity contribution in [3.63, 3.8) is 0 Å². The number of phenolic OH excluding ortho intramolecular Hbond substituents is 1. The topological polar surface area (TPSA) is 70.5 Å². The Bertz CT molecular complexity index is 1600. The molecule has 0 aliphatic heterocycles. The molecule has 0 radical (unpaired) electrons. The lowest BCUT2D eigenvalue weighted by atomic mass is 10.0. The predicted octanol–water partition coefficient (Wildman–Crippen LogP) is 6.05. The molecule has 2 aromatic heterocycles. The second kappa shape index (κ2) is 8.13. The lowest BCUT2D eigenvalue weighted by Gasteiger charge is -2.11. The molecule has 2 heterocycles. The van der Waals surface area contributed by atoms with E-state index in [0.717, 1.165) is 22.3 Å². The number of pyridine rings is 1. The highest BCUT2D eigenvalue weighted by atomic mass is 19.1. The number of methoxy groups -OCH3 is 1. The van der Waals surface area contributed by atoms with Crippen LogP contribution in [0.5, 0.6) is 11.5 Å². The third kappa shape index (κ3) is 3.56. The second-order valence-corrected chi connectivity index (χ2v) is 7.51. The number of hydrogen-bond acceptors (Lipinski definition) is 4. The van der Waals surface area contributed by atoms with E-state index in [0.29, 0.717) is 28.1 Å². The molecule has 0 unspecified atom stereocenters. The van der Waals surface area contributed by atoms with E-state index in [1.807, 2.05) is 40.8 Å². The van der Waals surface area contributed by atoms with E-state index in [2.05, 4.69) is 6.07 Å². The van der Waals surface area contributed by atoms with Crippen molar-refractivity contribution in [2.24, 2.45) is 0 Å². The molecule has 0 amide bonds. The average molecular weight is 435 g/mol. The SMILES string of the molecule is COc1ccc(C=Cc2cc(-c3cccc(F)c3)n3c(nc4ccccc43)c2C#N)cc1O. The maximum absolute atomic E-state index is 14.1. The molecule has 6 heteroatoms. The fourth-order valence-corrected chi connectivity index (χ4v) is 3.95. The van der Waals surface area contributed by atoms with Gasteiger partial charge in [0.15, 0.2) is 17.1 Å². The van der Waals surface area contributed by atoms with Gasteiger partial charge in [-0.1, -0.05) is 42.5 Å². The summed E-state index contributed by atoms with van der Waals surface area (Å²) in [6.07, 6.45) is 3.59. The lowest BCUT2D eigenvalue weighted by Crippen LogP contribution is -1.98. The van der Waals surface area contributed by atoms with Crippen LogP contribution in [0.1, 0.15) is 16.7 Å². The lowest BCUT2D eigenvalue weighted by molar-refractivity contribution is 0.373. The van der Waals surface area contributed by atoms with Gasteiger partial charge in [0.25, 0.3) is 0 Å². The van der Waals surface area contributed by atoms with Crippen molar-refractivity contribution in [1.82, 2.24) is 9.38 Å². The standard InChI is InChI=1S/C27H18FN3O2/c1-33-26-12-10-17(13-25(26)32)9-11-18-15-24(19-5-4-6-20(28)14-19)31-23-8-3-2-7-22(23)30-27(31)21(18)16-29/h2-15,32H,1H3. The molecule has 0 bridgehead atoms. The van der Waals surface area contributed by atoms with Gasteiger partial charge in [-0.25, -0.2) is 9.37 Å². The number of rotatable bonds is 4. The summed E-state index contributed by atoms with van der Waals surface area (Å²) in [7, 11) is 1.49. The number of benzene rings is 3. The second-order valence-electron chi connectivity index (χ2n) is 7.51. The summed E-state index contributed by atoms with van der Waals surface area (Å²) in [5, 5.41) is 20.1. The zero-order chi connectivity index (χ0) is 22.9. The van der Waals surface area contributed by atoms with E-state index >= 15 is 0 Å². The third-order valence-corrected chi connectivity index (χ3v) is 5.50. The van der Waals surface area contributed by atoms with E-state index in [-0.39, 0.29) is 11.6 Å². The van der Waals surface area contributed by atoms with Gasteiger partial charge in [0, 0.05) is 5.56 Å². The minimum absolute atomic E-state index is 0.0237. The van der Waals surface area contributed by atoms with Gasteiger partial charge in [0.1, 0.15) is 17.4 Å². The largest absolute Gasteiger partial charge is 0.504 e. The van der Waals surface area contributed by atoms with Crippen LogP contribution < -0.4 is 4.74 Å². The molecule has 5 rings (SSSR count). The molecule has 0 fully saturated rings. The predicted molar refractivity (Wildman–Crippen MR) is 126 cm³/mol. The van der Waals surface area contributed by atoms with Gasteiger partial charge in [-0.15, -0.1) is 0 Å². The van der Waals surface area contributed by atoms with E-state index in [4.69, 9.17) is 9.72 Å². The molecule has 0 aliphatic carbocycles. The zero-order valence-electron chi connectivity index (χ0n) is 17.7. The molecule has 0 spiro atoms. The fourth-order valence-electron chi connectivity index (χ4n) is 3.95. The van der Waals surface area contributed by atoms with E-state index in [1.165, 1.54) is 19.2 Å². The molecule has 5 aromatic rings. The maximum atomic E-state index is 14.1. The minimum atomic E-state index is -0.347. The van der Waals surface area contributed by atoms with Gasteiger partial charge >= 0.3 is 0 Å². The number of nitriles is 1. The quantitative estimate of drug-likeness (QED) is 0.373. The van der Waals surface area contributed by atoms with Crippen LogP contribution in [0.2, 0.25) is 0 Å². The molecule has 160 valence electrons. The van der Waals surface area contributed by atoms with Crippen molar-refractivity contribution in [3.8, 4) is 28.8 Å². The number of halogens is 1. The number of imidazole rings is 1. The Kier molecular flexibility index (Phi) is 5.00. The minimum Gasteiger partial charge on any atom is -0.504 e. The smallest absolute Gasteiger partial charge is 0.160 e. The van der Waals surface area contributed by atoms with Crippen LogP contribution >= 0.6 is 0 Å². The number of phenols is 1. The Morgan fingerprint density at radius 2 is 1.88 bits per heavy atom. The van der Waals surface area contributed by atoms with Crippen molar-refractivity contribution in [3.05, 3.63) is 95.3 Å². The zero-order valence-corrected chi connectivity index (χ0v) is 17.7. The number of ether oxygens (including phenoxy) is 1. The van der Waals surface area contributed by atoms with Crippen LogP contribution in [-0.4, -0.2) is 21.6 Å². The summed E-state index contributed by atoms with van der Waals surface area (Å²) in [5.41, 5.74) is 5.23. The van der Waals surface area contributed by atoms with Crippen molar-refractivity contribution >= 4 is 28.8 Å². The molecule has 0 saturated heterocycles. The molecule has 3 aromatic carbocycles. The highest BCUT2D eigenvalue weighted by molar-refractivity contribution is 5.89. The van der Waals surface area contributed by atoms with Crippen molar-refractivity contribution in [2.45, 2.75) is 0 Å². The average Bonchev–Trinajstić information content (AvgIpc) is 3.21. The van der Waals surface area contributed by atoms with Gasteiger partial charge in [-0.2, -0.15) is 5.26 Å². The van der Waals surface area contributed by atoms with Crippen molar-refractivity contribution in [1.29, 1.82) is 5.26 Å². The normalized spacial score (nSPS) is 11.3. The molecule has 1 N–H and O–H groups in total. The molecular formula is C27H18FN3O2. The van der Waals surface area contributed by atoms with Crippen LogP contribution in [0.25, 0.3) is 40.1 Å². The molecule has 0 saturated carbocycles. The number of para-hydroxylation sites is 2. The summed E-state index contributed by atoms with van der Waals surface area (Å²) >= 11 is 0. The van der Waals surface area contributed by atoms with Crippen LogP contribution in [0.3, 0.4) is 0 Å². The summed E-state index contributed by atoms with van der Waals surface area (Å²) in [5.74, 6) is 0.0551. The first-order valence-electron chi connectivity index (χ1n) is 10.2. The third-order valence-electron chi connectivity index (χ3n) is 5.50. The van der Waals surface area contributed by atoms with Crippen LogP contribution in [-0.2, 0) is 0 Å². The summed E-state index contributed by atoms with van der Waals surface area (Å²) in [6.45, 7) is 0. The van der Waals surface area contributed by atoms with Crippen LogP contribution in [0.4, 0.5) is 4.39 Å². The van der Waals surface area contributed by atoms with E-state index in [9.17, 15) is 14.8 Å². The Balaban J connectivity index is 1.76. The first kappa shape index (κ1) is 20.3. The molecule has 33 heavy (non-hydrogen) atoms. The highest BCUT2D eigenvalue weighted by Crippen LogP contribution is 2.32. The van der Waals surface area contributed by atoms with Crippen LogP contribution in [0.15, 0.2) is 72.8 Å². The molecule has 5 nitrogen and oxygen atoms in total. The van der Waals surface area contributed by atoms with E-state index in [1.54, 1.807) is 36.4 Å². The molecule has 0 aliphatic rings. The Hall–Kier alpha value is -4.63. The number of fused-ring (bicyclic) bond motifs is 3. The fraction of sp³-hybridized carbons (Fsp3) is 0.0370. The summed E-state index contributed by atoms with van der Waals surface area (Å²) in [4.78, 5) is 4.70. The molecular weight excluding hydrogens is 417 g/mol. The van der Waals surface area contributed by atoms with Crippen molar-refractivity contribution < 1.29 is 14.2 Å². The highest BCUT2D eigenvalue weighted by Gasteiger charge is 2.17. The van der Waals surface area contributed by atoms with Gasteiger partial charge in [-0.05, 0) is 53.6 Å². The van der Waals surface area contributed by atoms with Gasteiger partial charge < -0.3 is 9.84 Å². The molecule has 0 atom stereocenters.